The quantitative estimate of drug-likeness (QED) is 0.0676. The predicted octanol–water partition coefficient (Wildman–Crippen LogP) is 6.86. The van der Waals surface area contributed by atoms with Crippen molar-refractivity contribution in [2.45, 2.75) is 194 Å². The highest BCUT2D eigenvalue weighted by Crippen LogP contribution is 2.43. The number of esters is 2. The number of amides is 2. The van der Waals surface area contributed by atoms with Crippen molar-refractivity contribution in [2.75, 3.05) is 13.1 Å². The molecule has 0 aromatic rings. The van der Waals surface area contributed by atoms with Crippen molar-refractivity contribution in [3.63, 3.8) is 0 Å². The number of aliphatic hydroxyl groups is 1. The molecule has 12 nitrogen and oxygen atoms in total. The summed E-state index contributed by atoms with van der Waals surface area (Å²) in [4.78, 5) is 49.6. The zero-order valence-corrected chi connectivity index (χ0v) is 35.8. The zero-order valence-electron chi connectivity index (χ0n) is 35.8. The maximum Gasteiger partial charge on any atom is 0.303 e. The first-order chi connectivity index (χ1) is 26.5. The number of ether oxygens (including phenoxy) is 5. The Labute approximate surface area is 336 Å². The Morgan fingerprint density at radius 3 is 2.29 bits per heavy atom. The van der Waals surface area contributed by atoms with E-state index in [0.717, 1.165) is 76.2 Å². The summed E-state index contributed by atoms with van der Waals surface area (Å²) in [6.45, 7) is 17.1. The summed E-state index contributed by atoms with van der Waals surface area (Å²) in [5.41, 5.74) is 1.06. The molecule has 12 heteroatoms. The van der Waals surface area contributed by atoms with Crippen LogP contribution in [0.4, 0.5) is 0 Å². The van der Waals surface area contributed by atoms with E-state index in [1.165, 1.54) is 13.8 Å². The summed E-state index contributed by atoms with van der Waals surface area (Å²) in [7, 11) is 0. The fourth-order valence-electron chi connectivity index (χ4n) is 8.31. The molecule has 12 atom stereocenters. The minimum absolute atomic E-state index is 0.0125. The minimum atomic E-state index is -0.824. The lowest BCUT2D eigenvalue weighted by Crippen LogP contribution is -2.50. The number of hydrogen-bond donors (Lipinski definition) is 3. The average Bonchev–Trinajstić information content (AvgIpc) is 3.13. The van der Waals surface area contributed by atoms with E-state index < -0.39 is 29.9 Å². The molecule has 0 aromatic heterocycles. The van der Waals surface area contributed by atoms with Crippen molar-refractivity contribution in [3.05, 3.63) is 23.8 Å². The molecule has 0 aliphatic carbocycles. The van der Waals surface area contributed by atoms with Crippen LogP contribution in [0.2, 0.25) is 0 Å². The lowest BCUT2D eigenvalue weighted by molar-refractivity contribution is -0.324. The highest BCUT2D eigenvalue weighted by atomic mass is 16.7. The van der Waals surface area contributed by atoms with Gasteiger partial charge >= 0.3 is 11.9 Å². The zero-order chi connectivity index (χ0) is 41.4. The third-order valence-corrected chi connectivity index (χ3v) is 11.9. The largest absolute Gasteiger partial charge is 0.460 e. The Bertz CT molecular complexity index is 1320. The maximum atomic E-state index is 13.2. The van der Waals surface area contributed by atoms with Gasteiger partial charge in [-0.25, -0.2) is 0 Å². The molecular weight excluding hydrogens is 716 g/mol. The molecule has 2 amide bonds. The van der Waals surface area contributed by atoms with Crippen LogP contribution in [-0.2, 0) is 42.9 Å². The average molecular weight is 791 g/mol. The second kappa shape index (κ2) is 23.6. The number of nitrogens with one attached hydrogen (secondary N) is 2. The normalized spacial score (nSPS) is 29.9. The van der Waals surface area contributed by atoms with Crippen molar-refractivity contribution >= 4 is 23.8 Å². The molecule has 3 aliphatic rings. The number of carbonyl (C=O) groups is 4. The maximum absolute atomic E-state index is 13.2. The van der Waals surface area contributed by atoms with Crippen molar-refractivity contribution in [3.8, 4) is 0 Å². The van der Waals surface area contributed by atoms with Crippen LogP contribution in [0, 0.1) is 23.7 Å². The summed E-state index contributed by atoms with van der Waals surface area (Å²) >= 11 is 0. The molecule has 3 aliphatic heterocycles. The number of rotatable bonds is 20. The first-order valence-electron chi connectivity index (χ1n) is 21.4. The standard InChI is InChI=1S/C44H74N2O10/c1-10-13-36(49)25-38-19-17-29(3)40(54-38)26-42(50)46-27-41(53-35(9)48)32(6)43(51)45-23-12-15-39-30(4)20-22-44(56-39)21-11-14-37(55-44)18-16-28(2)24-31(5)33(7)52-34(8)47/h10,13,24,28-30,32-33,36-41,49H,11-12,14-23,25-27H2,1-9H3,(H,45,51)(H,46,50)/b13-10+,31-24+/t28-,29-,30-,32-,33-,36-,37-,38+,39+,40-,41-,44-/m0/s1. The third-order valence-electron chi connectivity index (χ3n) is 11.9. The molecule has 0 radical (unpaired) electrons. The van der Waals surface area contributed by atoms with Crippen LogP contribution in [0.5, 0.6) is 0 Å². The highest BCUT2D eigenvalue weighted by molar-refractivity contribution is 5.80. The van der Waals surface area contributed by atoms with Gasteiger partial charge in [0, 0.05) is 39.7 Å². The van der Waals surface area contributed by atoms with Crippen molar-refractivity contribution in [1.29, 1.82) is 0 Å². The molecule has 3 heterocycles. The van der Waals surface area contributed by atoms with Crippen molar-refractivity contribution < 1.29 is 48.0 Å². The van der Waals surface area contributed by atoms with Gasteiger partial charge < -0.3 is 39.4 Å². The van der Waals surface area contributed by atoms with E-state index in [1.54, 1.807) is 13.0 Å². The lowest BCUT2D eigenvalue weighted by Gasteiger charge is -2.48. The first kappa shape index (κ1) is 47.6. The van der Waals surface area contributed by atoms with E-state index in [9.17, 15) is 24.3 Å². The molecule has 0 aromatic carbocycles. The Morgan fingerprint density at radius 1 is 0.875 bits per heavy atom. The van der Waals surface area contributed by atoms with Gasteiger partial charge in [0.2, 0.25) is 11.8 Å². The Balaban J connectivity index is 1.44. The summed E-state index contributed by atoms with van der Waals surface area (Å²) in [5.74, 6) is -1.61. The monoisotopic (exact) mass is 791 g/mol. The molecule has 56 heavy (non-hydrogen) atoms. The smallest absolute Gasteiger partial charge is 0.303 e. The van der Waals surface area contributed by atoms with Crippen LogP contribution >= 0.6 is 0 Å². The topological polar surface area (TPSA) is 159 Å². The van der Waals surface area contributed by atoms with Gasteiger partial charge in [0.15, 0.2) is 5.79 Å². The van der Waals surface area contributed by atoms with E-state index in [4.69, 9.17) is 23.7 Å². The third kappa shape index (κ3) is 16.2. The summed E-state index contributed by atoms with van der Waals surface area (Å²) in [6.07, 6.45) is 14.5. The van der Waals surface area contributed by atoms with E-state index in [-0.39, 0.29) is 67.2 Å². The second-order valence-corrected chi connectivity index (χ2v) is 17.0. The van der Waals surface area contributed by atoms with E-state index in [2.05, 4.69) is 37.5 Å². The Kier molecular flexibility index (Phi) is 20.0. The van der Waals surface area contributed by atoms with Gasteiger partial charge in [-0.1, -0.05) is 39.0 Å². The minimum Gasteiger partial charge on any atom is -0.460 e. The van der Waals surface area contributed by atoms with Crippen LogP contribution in [-0.4, -0.2) is 90.5 Å². The molecule has 3 fully saturated rings. The van der Waals surface area contributed by atoms with E-state index in [0.29, 0.717) is 24.8 Å². The SMILES string of the molecule is C/C=C/[C@H](O)C[C@H]1CC[C@H](C)[C@H](CC(=O)NC[C@H](OC(C)=O)[C@H](C)C(=O)NCCC[C@H]2O[C@@]3(CCC[C@@H](CC[C@H](C)/C=C(\C)[C@H](C)OC(C)=O)O3)CC[C@@H]2C)O1. The molecule has 1 spiro atoms. The van der Waals surface area contributed by atoms with E-state index >= 15 is 0 Å². The molecule has 3 saturated heterocycles. The Morgan fingerprint density at radius 2 is 1.59 bits per heavy atom. The predicted molar refractivity (Wildman–Crippen MR) is 215 cm³/mol. The van der Waals surface area contributed by atoms with Gasteiger partial charge in [0.05, 0.1) is 49.4 Å². The van der Waals surface area contributed by atoms with Crippen LogP contribution in [0.3, 0.4) is 0 Å². The van der Waals surface area contributed by atoms with Gasteiger partial charge in [0.25, 0.3) is 0 Å². The van der Waals surface area contributed by atoms with Gasteiger partial charge in [-0.05, 0) is 109 Å². The lowest BCUT2D eigenvalue weighted by atomic mass is 9.85. The highest BCUT2D eigenvalue weighted by Gasteiger charge is 2.44. The summed E-state index contributed by atoms with van der Waals surface area (Å²) in [5, 5.41) is 16.0. The molecule has 3 N–H and O–H groups in total. The van der Waals surface area contributed by atoms with Crippen LogP contribution in [0.25, 0.3) is 0 Å². The number of carbonyl (C=O) groups excluding carboxylic acids is 4. The second-order valence-electron chi connectivity index (χ2n) is 17.0. The van der Waals surface area contributed by atoms with Gasteiger partial charge in [-0.2, -0.15) is 0 Å². The number of aliphatic hydroxyl groups excluding tert-OH is 1. The summed E-state index contributed by atoms with van der Waals surface area (Å²) < 4.78 is 30.5. The molecular formula is C44H74N2O10. The fraction of sp³-hybridized carbons (Fsp3) is 0.818. The molecule has 0 bridgehead atoms. The van der Waals surface area contributed by atoms with E-state index in [1.807, 2.05) is 26.8 Å². The molecule has 0 saturated carbocycles. The molecule has 320 valence electrons. The number of allylic oxidation sites excluding steroid dienone is 2. The van der Waals surface area contributed by atoms with Crippen LogP contribution in [0.1, 0.15) is 146 Å². The molecule has 3 rings (SSSR count). The van der Waals surface area contributed by atoms with Gasteiger partial charge in [0.1, 0.15) is 12.2 Å². The first-order valence-corrected chi connectivity index (χ1v) is 21.4. The van der Waals surface area contributed by atoms with Gasteiger partial charge in [-0.15, -0.1) is 0 Å². The van der Waals surface area contributed by atoms with Crippen molar-refractivity contribution in [1.82, 2.24) is 10.6 Å². The van der Waals surface area contributed by atoms with Crippen LogP contribution in [0.15, 0.2) is 23.8 Å². The molecule has 0 unspecified atom stereocenters. The Hall–Kier alpha value is -2.80. The van der Waals surface area contributed by atoms with Gasteiger partial charge in [-0.3, -0.25) is 19.2 Å². The van der Waals surface area contributed by atoms with Crippen LogP contribution < -0.4 is 10.6 Å². The fourth-order valence-corrected chi connectivity index (χ4v) is 8.31. The van der Waals surface area contributed by atoms with Crippen molar-refractivity contribution in [2.24, 2.45) is 23.7 Å². The summed E-state index contributed by atoms with van der Waals surface area (Å²) in [6, 6.07) is 0. The number of hydrogen-bond acceptors (Lipinski definition) is 10.